The molecule has 0 radical (unpaired) electrons. The highest BCUT2D eigenvalue weighted by Gasteiger charge is 2.26. The standard InChI is InChI=1S/C17H34N2O/c1-15(2)7-8-16-5-3-6-17(16)18-9-4-10-19-11-13-20-14-12-19/h15-18H,3-14H2,1-2H3. The third-order valence-corrected chi connectivity index (χ3v) is 4.94. The molecule has 3 heteroatoms. The summed E-state index contributed by atoms with van der Waals surface area (Å²) in [4.78, 5) is 2.54. The number of ether oxygens (including phenoxy) is 1. The minimum absolute atomic E-state index is 0.804. The van der Waals surface area contributed by atoms with Gasteiger partial charge in [0, 0.05) is 19.1 Å². The third-order valence-electron chi connectivity index (χ3n) is 4.94. The summed E-state index contributed by atoms with van der Waals surface area (Å²) in [5, 5.41) is 3.84. The van der Waals surface area contributed by atoms with Crippen molar-refractivity contribution in [2.45, 2.75) is 58.4 Å². The van der Waals surface area contributed by atoms with Gasteiger partial charge >= 0.3 is 0 Å². The summed E-state index contributed by atoms with van der Waals surface area (Å²) in [6, 6.07) is 0.804. The largest absolute Gasteiger partial charge is 0.379 e. The minimum atomic E-state index is 0.804. The highest BCUT2D eigenvalue weighted by Crippen LogP contribution is 2.30. The Bertz CT molecular complexity index is 251. The maximum Gasteiger partial charge on any atom is 0.0594 e. The molecular formula is C17H34N2O. The van der Waals surface area contributed by atoms with E-state index in [4.69, 9.17) is 4.74 Å². The molecule has 0 amide bonds. The summed E-state index contributed by atoms with van der Waals surface area (Å²) in [6.45, 7) is 11.2. The first-order chi connectivity index (χ1) is 9.75. The fourth-order valence-electron chi connectivity index (χ4n) is 3.61. The molecule has 118 valence electrons. The van der Waals surface area contributed by atoms with Crippen molar-refractivity contribution >= 4 is 0 Å². The Hall–Kier alpha value is -0.120. The zero-order valence-corrected chi connectivity index (χ0v) is 13.6. The van der Waals surface area contributed by atoms with Crippen LogP contribution in [0.4, 0.5) is 0 Å². The fraction of sp³-hybridized carbons (Fsp3) is 1.00. The van der Waals surface area contributed by atoms with E-state index in [1.165, 1.54) is 51.6 Å². The normalized spacial score (nSPS) is 28.4. The topological polar surface area (TPSA) is 24.5 Å². The first-order valence-electron chi connectivity index (χ1n) is 8.79. The smallest absolute Gasteiger partial charge is 0.0594 e. The van der Waals surface area contributed by atoms with E-state index in [2.05, 4.69) is 24.1 Å². The van der Waals surface area contributed by atoms with Gasteiger partial charge in [0.25, 0.3) is 0 Å². The van der Waals surface area contributed by atoms with E-state index in [9.17, 15) is 0 Å². The van der Waals surface area contributed by atoms with Gasteiger partial charge in [-0.25, -0.2) is 0 Å². The molecule has 0 bridgehead atoms. The van der Waals surface area contributed by atoms with Crippen molar-refractivity contribution in [3.05, 3.63) is 0 Å². The van der Waals surface area contributed by atoms with E-state index in [-0.39, 0.29) is 0 Å². The summed E-state index contributed by atoms with van der Waals surface area (Å²) in [6.07, 6.45) is 8.40. The van der Waals surface area contributed by atoms with Gasteiger partial charge in [0.2, 0.25) is 0 Å². The SMILES string of the molecule is CC(C)CCC1CCCC1NCCCN1CCOCC1. The molecule has 0 spiro atoms. The Morgan fingerprint density at radius 3 is 2.75 bits per heavy atom. The highest BCUT2D eigenvalue weighted by molar-refractivity contribution is 4.83. The van der Waals surface area contributed by atoms with Gasteiger partial charge in [0.1, 0.15) is 0 Å². The van der Waals surface area contributed by atoms with Gasteiger partial charge in [-0.15, -0.1) is 0 Å². The fourth-order valence-corrected chi connectivity index (χ4v) is 3.61. The van der Waals surface area contributed by atoms with Crippen LogP contribution in [0.3, 0.4) is 0 Å². The number of nitrogens with zero attached hydrogens (tertiary/aromatic N) is 1. The van der Waals surface area contributed by atoms with E-state index in [0.717, 1.165) is 44.2 Å². The van der Waals surface area contributed by atoms with Gasteiger partial charge in [0.15, 0.2) is 0 Å². The lowest BCUT2D eigenvalue weighted by Crippen LogP contribution is -2.39. The van der Waals surface area contributed by atoms with E-state index in [1.54, 1.807) is 0 Å². The summed E-state index contributed by atoms with van der Waals surface area (Å²) in [7, 11) is 0. The number of hydrogen-bond donors (Lipinski definition) is 1. The quantitative estimate of drug-likeness (QED) is 0.693. The first kappa shape index (κ1) is 16.3. The van der Waals surface area contributed by atoms with Gasteiger partial charge in [-0.3, -0.25) is 4.90 Å². The van der Waals surface area contributed by atoms with Crippen molar-refractivity contribution in [1.82, 2.24) is 10.2 Å². The van der Waals surface area contributed by atoms with Gasteiger partial charge in [-0.1, -0.05) is 26.7 Å². The molecule has 2 unspecified atom stereocenters. The van der Waals surface area contributed by atoms with Crippen LogP contribution in [0, 0.1) is 11.8 Å². The molecule has 2 rings (SSSR count). The molecule has 1 saturated carbocycles. The third kappa shape index (κ3) is 5.71. The van der Waals surface area contributed by atoms with Gasteiger partial charge in [-0.05, 0) is 50.6 Å². The van der Waals surface area contributed by atoms with Gasteiger partial charge in [0.05, 0.1) is 13.2 Å². The summed E-state index contributed by atoms with van der Waals surface area (Å²) >= 11 is 0. The number of rotatable bonds is 8. The van der Waals surface area contributed by atoms with Crippen LogP contribution in [0.2, 0.25) is 0 Å². The van der Waals surface area contributed by atoms with E-state index in [1.807, 2.05) is 0 Å². The van der Waals surface area contributed by atoms with E-state index < -0.39 is 0 Å². The van der Waals surface area contributed by atoms with Gasteiger partial charge in [-0.2, -0.15) is 0 Å². The van der Waals surface area contributed by atoms with Crippen LogP contribution in [0.5, 0.6) is 0 Å². The molecule has 1 heterocycles. The second kappa shape index (κ2) is 9.01. The van der Waals surface area contributed by atoms with Crippen molar-refractivity contribution in [2.24, 2.45) is 11.8 Å². The Balaban J connectivity index is 1.55. The minimum Gasteiger partial charge on any atom is -0.379 e. The van der Waals surface area contributed by atoms with Crippen LogP contribution >= 0.6 is 0 Å². The summed E-state index contributed by atoms with van der Waals surface area (Å²) in [5.74, 6) is 1.80. The molecule has 3 nitrogen and oxygen atoms in total. The molecule has 2 fully saturated rings. The van der Waals surface area contributed by atoms with E-state index in [0.29, 0.717) is 0 Å². The Morgan fingerprint density at radius 2 is 2.00 bits per heavy atom. The molecule has 1 N–H and O–H groups in total. The van der Waals surface area contributed by atoms with Crippen molar-refractivity contribution < 1.29 is 4.74 Å². The Kier molecular flexibility index (Phi) is 7.32. The van der Waals surface area contributed by atoms with Crippen LogP contribution < -0.4 is 5.32 Å². The second-order valence-electron chi connectivity index (χ2n) is 7.03. The van der Waals surface area contributed by atoms with Crippen molar-refractivity contribution in [3.8, 4) is 0 Å². The van der Waals surface area contributed by atoms with Crippen LogP contribution in [0.1, 0.15) is 52.4 Å². The molecular weight excluding hydrogens is 248 g/mol. The summed E-state index contributed by atoms with van der Waals surface area (Å²) < 4.78 is 5.39. The monoisotopic (exact) mass is 282 g/mol. The molecule has 1 aliphatic carbocycles. The highest BCUT2D eigenvalue weighted by atomic mass is 16.5. The number of hydrogen-bond acceptors (Lipinski definition) is 3. The number of morpholine rings is 1. The maximum absolute atomic E-state index is 5.39. The Labute approximate surface area is 125 Å². The maximum atomic E-state index is 5.39. The average Bonchev–Trinajstić information content (AvgIpc) is 2.90. The second-order valence-corrected chi connectivity index (χ2v) is 7.03. The Morgan fingerprint density at radius 1 is 1.20 bits per heavy atom. The van der Waals surface area contributed by atoms with E-state index >= 15 is 0 Å². The van der Waals surface area contributed by atoms with Crippen LogP contribution in [0.25, 0.3) is 0 Å². The lowest BCUT2D eigenvalue weighted by Gasteiger charge is -2.27. The predicted molar refractivity (Wildman–Crippen MR) is 85.1 cm³/mol. The van der Waals surface area contributed by atoms with Crippen LogP contribution in [-0.4, -0.2) is 50.3 Å². The average molecular weight is 282 g/mol. The van der Waals surface area contributed by atoms with Crippen molar-refractivity contribution in [2.75, 3.05) is 39.4 Å². The van der Waals surface area contributed by atoms with Crippen molar-refractivity contribution in [3.63, 3.8) is 0 Å². The molecule has 20 heavy (non-hydrogen) atoms. The first-order valence-corrected chi connectivity index (χ1v) is 8.79. The molecule has 0 aromatic carbocycles. The number of nitrogens with one attached hydrogen (secondary N) is 1. The summed E-state index contributed by atoms with van der Waals surface area (Å²) in [5.41, 5.74) is 0. The lowest BCUT2D eigenvalue weighted by atomic mass is 9.93. The zero-order chi connectivity index (χ0) is 14.2. The molecule has 1 aliphatic heterocycles. The van der Waals surface area contributed by atoms with Gasteiger partial charge < -0.3 is 10.1 Å². The lowest BCUT2D eigenvalue weighted by molar-refractivity contribution is 0.0373. The molecule has 0 aromatic rings. The molecule has 1 saturated heterocycles. The van der Waals surface area contributed by atoms with Crippen molar-refractivity contribution in [1.29, 1.82) is 0 Å². The zero-order valence-electron chi connectivity index (χ0n) is 13.6. The molecule has 2 atom stereocenters. The van der Waals surface area contributed by atoms with Crippen LogP contribution in [-0.2, 0) is 4.74 Å². The predicted octanol–water partition coefficient (Wildman–Crippen LogP) is 2.90. The van der Waals surface area contributed by atoms with Crippen LogP contribution in [0.15, 0.2) is 0 Å². The molecule has 0 aromatic heterocycles. The molecule has 2 aliphatic rings.